The molecule has 2 rings (SSSR count). The van der Waals surface area contributed by atoms with Gasteiger partial charge in [-0.2, -0.15) is 0 Å². The SMILES string of the molecule is O=C1CCN(C(=O)COc2ccc(Br)cc2)CCN1. The zero-order chi connectivity index (χ0) is 13.7. The van der Waals surface area contributed by atoms with Gasteiger partial charge < -0.3 is 15.0 Å². The molecule has 1 N–H and O–H groups in total. The number of amides is 2. The molecule has 19 heavy (non-hydrogen) atoms. The molecule has 1 fully saturated rings. The fourth-order valence-corrected chi connectivity index (χ4v) is 2.05. The number of nitrogens with zero attached hydrogens (tertiary/aromatic N) is 1. The van der Waals surface area contributed by atoms with E-state index in [0.717, 1.165) is 4.47 Å². The quantitative estimate of drug-likeness (QED) is 0.907. The van der Waals surface area contributed by atoms with Gasteiger partial charge in [-0.3, -0.25) is 9.59 Å². The lowest BCUT2D eigenvalue weighted by Gasteiger charge is -2.19. The van der Waals surface area contributed by atoms with Crippen LogP contribution >= 0.6 is 15.9 Å². The second-order valence-electron chi connectivity index (χ2n) is 4.22. The number of ether oxygens (including phenoxy) is 1. The minimum absolute atomic E-state index is 0.00414. The monoisotopic (exact) mass is 326 g/mol. The predicted octanol–water partition coefficient (Wildman–Crippen LogP) is 1.18. The maximum absolute atomic E-state index is 12.0. The van der Waals surface area contributed by atoms with Crippen LogP contribution in [0.4, 0.5) is 0 Å². The Morgan fingerprint density at radius 2 is 2.05 bits per heavy atom. The molecule has 1 aliphatic rings. The molecular formula is C13H15BrN2O3. The van der Waals surface area contributed by atoms with Crippen molar-refractivity contribution in [3.8, 4) is 5.75 Å². The van der Waals surface area contributed by atoms with E-state index >= 15 is 0 Å². The van der Waals surface area contributed by atoms with Crippen LogP contribution in [-0.2, 0) is 9.59 Å². The van der Waals surface area contributed by atoms with Crippen molar-refractivity contribution >= 4 is 27.7 Å². The lowest BCUT2D eigenvalue weighted by molar-refractivity contribution is -0.133. The van der Waals surface area contributed by atoms with E-state index in [1.807, 2.05) is 12.1 Å². The number of hydrogen-bond donors (Lipinski definition) is 1. The number of carbonyl (C=O) groups is 2. The molecule has 0 bridgehead atoms. The van der Waals surface area contributed by atoms with Crippen LogP contribution in [0.25, 0.3) is 0 Å². The molecule has 0 aromatic heterocycles. The molecule has 2 amide bonds. The van der Waals surface area contributed by atoms with Gasteiger partial charge in [0, 0.05) is 30.5 Å². The molecule has 1 aliphatic heterocycles. The molecule has 1 saturated heterocycles. The highest BCUT2D eigenvalue weighted by atomic mass is 79.9. The molecule has 0 radical (unpaired) electrons. The smallest absolute Gasteiger partial charge is 0.260 e. The van der Waals surface area contributed by atoms with Gasteiger partial charge in [0.15, 0.2) is 6.61 Å². The maximum atomic E-state index is 12.0. The van der Waals surface area contributed by atoms with E-state index in [-0.39, 0.29) is 18.4 Å². The molecule has 0 atom stereocenters. The van der Waals surface area contributed by atoms with Crippen molar-refractivity contribution < 1.29 is 14.3 Å². The number of rotatable bonds is 3. The summed E-state index contributed by atoms with van der Waals surface area (Å²) >= 11 is 3.33. The molecule has 0 unspecified atom stereocenters. The summed E-state index contributed by atoms with van der Waals surface area (Å²) in [7, 11) is 0. The van der Waals surface area contributed by atoms with E-state index in [0.29, 0.717) is 31.8 Å². The Labute approximate surface area is 120 Å². The zero-order valence-electron chi connectivity index (χ0n) is 10.4. The molecule has 1 aromatic rings. The number of benzene rings is 1. The minimum atomic E-state index is -0.0978. The van der Waals surface area contributed by atoms with Gasteiger partial charge >= 0.3 is 0 Å². The van der Waals surface area contributed by atoms with Crippen LogP contribution in [0.3, 0.4) is 0 Å². The Kier molecular flexibility index (Phi) is 4.79. The summed E-state index contributed by atoms with van der Waals surface area (Å²) in [6, 6.07) is 7.30. The molecule has 1 heterocycles. The fourth-order valence-electron chi connectivity index (χ4n) is 1.78. The standard InChI is InChI=1S/C13H15BrN2O3/c14-10-1-3-11(4-2-10)19-9-13(18)16-7-5-12(17)15-6-8-16/h1-4H,5-9H2,(H,15,17). The molecule has 0 aliphatic carbocycles. The van der Waals surface area contributed by atoms with Crippen LogP contribution in [0.5, 0.6) is 5.75 Å². The summed E-state index contributed by atoms with van der Waals surface area (Å²) in [6.45, 7) is 1.49. The molecule has 102 valence electrons. The normalized spacial score (nSPS) is 15.6. The highest BCUT2D eigenvalue weighted by Gasteiger charge is 2.18. The molecule has 6 heteroatoms. The van der Waals surface area contributed by atoms with Crippen molar-refractivity contribution in [1.29, 1.82) is 0 Å². The van der Waals surface area contributed by atoms with Crippen molar-refractivity contribution in [2.75, 3.05) is 26.2 Å². The lowest BCUT2D eigenvalue weighted by Crippen LogP contribution is -2.37. The summed E-state index contributed by atoms with van der Waals surface area (Å²) in [4.78, 5) is 24.8. The lowest BCUT2D eigenvalue weighted by atomic mass is 10.3. The molecule has 0 spiro atoms. The summed E-state index contributed by atoms with van der Waals surface area (Å²) in [6.07, 6.45) is 0.351. The van der Waals surface area contributed by atoms with Crippen LogP contribution in [0.1, 0.15) is 6.42 Å². The number of hydrogen-bond acceptors (Lipinski definition) is 3. The first kappa shape index (κ1) is 13.9. The Hall–Kier alpha value is -1.56. The summed E-state index contributed by atoms with van der Waals surface area (Å²) in [5.74, 6) is 0.545. The van der Waals surface area contributed by atoms with Crippen molar-refractivity contribution in [3.05, 3.63) is 28.7 Å². The van der Waals surface area contributed by atoms with Gasteiger partial charge in [-0.1, -0.05) is 15.9 Å². The molecular weight excluding hydrogens is 312 g/mol. The van der Waals surface area contributed by atoms with E-state index in [4.69, 9.17) is 4.74 Å². The third kappa shape index (κ3) is 4.24. The highest BCUT2D eigenvalue weighted by Crippen LogP contribution is 2.16. The van der Waals surface area contributed by atoms with E-state index < -0.39 is 0 Å². The first-order chi connectivity index (χ1) is 9.15. The average molecular weight is 327 g/mol. The van der Waals surface area contributed by atoms with Gasteiger partial charge in [-0.15, -0.1) is 0 Å². The maximum Gasteiger partial charge on any atom is 0.260 e. The van der Waals surface area contributed by atoms with Crippen LogP contribution < -0.4 is 10.1 Å². The van der Waals surface area contributed by atoms with Crippen LogP contribution in [0, 0.1) is 0 Å². The highest BCUT2D eigenvalue weighted by molar-refractivity contribution is 9.10. The Balaban J connectivity index is 1.83. The van der Waals surface area contributed by atoms with Crippen LogP contribution in [-0.4, -0.2) is 43.0 Å². The van der Waals surface area contributed by atoms with Gasteiger partial charge in [0.05, 0.1) is 0 Å². The average Bonchev–Trinajstić information content (AvgIpc) is 2.63. The summed E-state index contributed by atoms with van der Waals surface area (Å²) in [5, 5.41) is 2.73. The van der Waals surface area contributed by atoms with E-state index in [2.05, 4.69) is 21.2 Å². The molecule has 1 aromatic carbocycles. The number of carbonyl (C=O) groups excluding carboxylic acids is 2. The van der Waals surface area contributed by atoms with Gasteiger partial charge in [-0.05, 0) is 24.3 Å². The van der Waals surface area contributed by atoms with Gasteiger partial charge in [-0.25, -0.2) is 0 Å². The summed E-state index contributed by atoms with van der Waals surface area (Å²) < 4.78 is 6.39. The topological polar surface area (TPSA) is 58.6 Å². The largest absolute Gasteiger partial charge is 0.484 e. The predicted molar refractivity (Wildman–Crippen MR) is 73.8 cm³/mol. The second kappa shape index (κ2) is 6.56. The van der Waals surface area contributed by atoms with Crippen LogP contribution in [0.2, 0.25) is 0 Å². The van der Waals surface area contributed by atoms with Crippen molar-refractivity contribution in [1.82, 2.24) is 10.2 Å². The zero-order valence-corrected chi connectivity index (χ0v) is 12.0. The first-order valence-corrected chi connectivity index (χ1v) is 6.87. The van der Waals surface area contributed by atoms with Crippen LogP contribution in [0.15, 0.2) is 28.7 Å². The van der Waals surface area contributed by atoms with Crippen molar-refractivity contribution in [2.24, 2.45) is 0 Å². The van der Waals surface area contributed by atoms with Gasteiger partial charge in [0.1, 0.15) is 5.75 Å². The van der Waals surface area contributed by atoms with E-state index in [1.54, 1.807) is 17.0 Å². The van der Waals surface area contributed by atoms with E-state index in [1.165, 1.54) is 0 Å². The van der Waals surface area contributed by atoms with Crippen molar-refractivity contribution in [3.63, 3.8) is 0 Å². The van der Waals surface area contributed by atoms with Crippen molar-refractivity contribution in [2.45, 2.75) is 6.42 Å². The third-order valence-corrected chi connectivity index (χ3v) is 3.37. The third-order valence-electron chi connectivity index (χ3n) is 2.84. The molecule has 5 nitrogen and oxygen atoms in total. The fraction of sp³-hybridized carbons (Fsp3) is 0.385. The minimum Gasteiger partial charge on any atom is -0.484 e. The van der Waals surface area contributed by atoms with Gasteiger partial charge in [0.25, 0.3) is 5.91 Å². The Morgan fingerprint density at radius 3 is 2.79 bits per heavy atom. The van der Waals surface area contributed by atoms with Gasteiger partial charge in [0.2, 0.25) is 5.91 Å². The Morgan fingerprint density at radius 1 is 1.32 bits per heavy atom. The molecule has 0 saturated carbocycles. The van der Waals surface area contributed by atoms with E-state index in [9.17, 15) is 9.59 Å². The first-order valence-electron chi connectivity index (χ1n) is 6.08. The number of halogens is 1. The number of nitrogens with one attached hydrogen (secondary N) is 1. The summed E-state index contributed by atoms with van der Waals surface area (Å²) in [5.41, 5.74) is 0. The second-order valence-corrected chi connectivity index (χ2v) is 5.14. The Bertz CT molecular complexity index is 461.